The smallest absolute Gasteiger partial charge is 0.321 e. The maximum absolute atomic E-state index is 11.8. The Morgan fingerprint density at radius 3 is 2.57 bits per heavy atom. The number of amides is 1. The molecule has 3 N–H and O–H groups in total. The van der Waals surface area contributed by atoms with Gasteiger partial charge in [-0.1, -0.05) is 25.7 Å². The number of aromatic amines is 1. The van der Waals surface area contributed by atoms with Gasteiger partial charge in [0.2, 0.25) is 0 Å². The van der Waals surface area contributed by atoms with E-state index in [1.165, 1.54) is 50.7 Å². The molecule has 1 fully saturated rings. The van der Waals surface area contributed by atoms with Gasteiger partial charge in [-0.3, -0.25) is 4.79 Å². The van der Waals surface area contributed by atoms with Crippen molar-refractivity contribution in [3.8, 4) is 0 Å². The molecule has 116 valence electrons. The summed E-state index contributed by atoms with van der Waals surface area (Å²) in [6, 6.07) is 3.27. The fourth-order valence-electron chi connectivity index (χ4n) is 2.65. The second-order valence-corrected chi connectivity index (χ2v) is 5.41. The topological polar surface area (TPSA) is 100 Å². The normalized spacial score (nSPS) is 16.4. The molecule has 0 bridgehead atoms. The van der Waals surface area contributed by atoms with Crippen LogP contribution in [0.4, 0.5) is 5.82 Å². The van der Waals surface area contributed by atoms with E-state index in [9.17, 15) is 14.9 Å². The van der Waals surface area contributed by atoms with Crippen molar-refractivity contribution < 1.29 is 9.72 Å². The van der Waals surface area contributed by atoms with Gasteiger partial charge in [-0.25, -0.2) is 4.98 Å². The Kier molecular flexibility index (Phi) is 5.74. The zero-order chi connectivity index (χ0) is 15.1. The second-order valence-electron chi connectivity index (χ2n) is 5.41. The van der Waals surface area contributed by atoms with Gasteiger partial charge in [0.15, 0.2) is 5.69 Å². The lowest BCUT2D eigenvalue weighted by atomic mass is 10.1. The molecule has 1 saturated carbocycles. The molecule has 0 saturated heterocycles. The minimum atomic E-state index is -0.551. The quantitative estimate of drug-likeness (QED) is 0.323. The number of rotatable bonds is 6. The molecule has 1 aliphatic carbocycles. The monoisotopic (exact) mass is 294 g/mol. The van der Waals surface area contributed by atoms with E-state index < -0.39 is 4.92 Å². The number of nitrogens with one attached hydrogen (secondary N) is 3. The van der Waals surface area contributed by atoms with E-state index in [-0.39, 0.29) is 17.4 Å². The van der Waals surface area contributed by atoms with Crippen LogP contribution in [0.1, 0.15) is 49.0 Å². The Balaban J connectivity index is 1.67. The van der Waals surface area contributed by atoms with Crippen LogP contribution in [0.3, 0.4) is 0 Å². The molecular formula is C14H22N4O3. The molecule has 0 aliphatic heterocycles. The Morgan fingerprint density at radius 2 is 1.95 bits per heavy atom. The maximum atomic E-state index is 11.8. The molecule has 7 heteroatoms. The average molecular weight is 294 g/mol. The minimum Gasteiger partial charge on any atom is -0.358 e. The number of carbonyl (C=O) groups excluding carboxylic acids is 1. The molecule has 2 rings (SSSR count). The van der Waals surface area contributed by atoms with Crippen molar-refractivity contribution >= 4 is 11.7 Å². The summed E-state index contributed by atoms with van der Waals surface area (Å²) in [5.41, 5.74) is 0.219. The molecule has 0 spiro atoms. The van der Waals surface area contributed by atoms with E-state index in [2.05, 4.69) is 15.6 Å². The van der Waals surface area contributed by atoms with Crippen molar-refractivity contribution in [2.45, 2.75) is 44.6 Å². The third-order valence-corrected chi connectivity index (χ3v) is 3.81. The Morgan fingerprint density at radius 1 is 1.24 bits per heavy atom. The Bertz CT molecular complexity index is 478. The summed E-state index contributed by atoms with van der Waals surface area (Å²) < 4.78 is 0. The highest BCUT2D eigenvalue weighted by Gasteiger charge is 2.15. The molecule has 0 atom stereocenters. The second kappa shape index (κ2) is 7.78. The first-order valence-corrected chi connectivity index (χ1v) is 7.52. The molecular weight excluding hydrogens is 272 g/mol. The Hall–Kier alpha value is -1.89. The summed E-state index contributed by atoms with van der Waals surface area (Å²) in [6.07, 6.45) is 7.60. The van der Waals surface area contributed by atoms with Gasteiger partial charge >= 0.3 is 5.82 Å². The van der Waals surface area contributed by atoms with Crippen LogP contribution < -0.4 is 10.6 Å². The molecule has 0 unspecified atom stereocenters. The van der Waals surface area contributed by atoms with E-state index in [1.54, 1.807) is 0 Å². The maximum Gasteiger partial charge on any atom is 0.321 e. The number of H-pyrrole nitrogens is 1. The summed E-state index contributed by atoms with van der Waals surface area (Å²) in [5.74, 6) is -0.484. The zero-order valence-corrected chi connectivity index (χ0v) is 12.1. The number of aromatic nitrogens is 1. The van der Waals surface area contributed by atoms with Crippen LogP contribution in [-0.4, -0.2) is 34.9 Å². The third kappa shape index (κ3) is 4.86. The average Bonchev–Trinajstić information content (AvgIpc) is 2.82. The Labute approximate surface area is 123 Å². The molecule has 21 heavy (non-hydrogen) atoms. The van der Waals surface area contributed by atoms with E-state index in [0.29, 0.717) is 12.6 Å². The van der Waals surface area contributed by atoms with Crippen LogP contribution >= 0.6 is 0 Å². The first-order chi connectivity index (χ1) is 10.2. The lowest BCUT2D eigenvalue weighted by molar-refractivity contribution is -0.389. The minimum absolute atomic E-state index is 0.170. The van der Waals surface area contributed by atoms with Crippen molar-refractivity contribution in [2.75, 3.05) is 13.1 Å². The fraction of sp³-hybridized carbons (Fsp3) is 0.643. The van der Waals surface area contributed by atoms with E-state index in [0.717, 1.165) is 6.54 Å². The summed E-state index contributed by atoms with van der Waals surface area (Å²) in [5, 5.41) is 16.7. The van der Waals surface area contributed by atoms with Crippen molar-refractivity contribution in [3.63, 3.8) is 0 Å². The van der Waals surface area contributed by atoms with Crippen molar-refractivity contribution in [1.82, 2.24) is 15.6 Å². The van der Waals surface area contributed by atoms with Gasteiger partial charge in [0.1, 0.15) is 0 Å². The van der Waals surface area contributed by atoms with Crippen LogP contribution in [0.25, 0.3) is 0 Å². The lowest BCUT2D eigenvalue weighted by Gasteiger charge is -2.16. The highest BCUT2D eigenvalue weighted by atomic mass is 16.6. The number of nitrogens with zero attached hydrogens (tertiary/aromatic N) is 1. The summed E-state index contributed by atoms with van der Waals surface area (Å²) in [4.78, 5) is 24.3. The number of hydrogen-bond donors (Lipinski definition) is 3. The first kappa shape index (κ1) is 15.5. The van der Waals surface area contributed by atoms with Gasteiger partial charge < -0.3 is 20.7 Å². The van der Waals surface area contributed by atoms with Crippen molar-refractivity contribution in [2.24, 2.45) is 0 Å². The SMILES string of the molecule is O=C(NCCNC1CCCCCC1)c1ccc([N+](=O)[O-])[nH]1. The standard InChI is InChI=1S/C14H22N4O3/c19-14(12-7-8-13(17-12)18(20)21)16-10-9-15-11-5-3-1-2-4-6-11/h7-8,11,15,17H,1-6,9-10H2,(H,16,19). The largest absolute Gasteiger partial charge is 0.358 e. The van der Waals surface area contributed by atoms with Crippen LogP contribution in [0.15, 0.2) is 12.1 Å². The van der Waals surface area contributed by atoms with Gasteiger partial charge in [0.05, 0.1) is 0 Å². The summed E-state index contributed by atoms with van der Waals surface area (Å²) >= 11 is 0. The zero-order valence-electron chi connectivity index (χ0n) is 12.1. The summed E-state index contributed by atoms with van der Waals surface area (Å²) in [6.45, 7) is 1.24. The summed E-state index contributed by atoms with van der Waals surface area (Å²) in [7, 11) is 0. The van der Waals surface area contributed by atoms with Crippen molar-refractivity contribution in [3.05, 3.63) is 27.9 Å². The fourth-order valence-corrected chi connectivity index (χ4v) is 2.65. The van der Waals surface area contributed by atoms with E-state index >= 15 is 0 Å². The molecule has 1 aromatic rings. The number of carbonyl (C=O) groups is 1. The van der Waals surface area contributed by atoms with Gasteiger partial charge in [0, 0.05) is 25.2 Å². The molecule has 1 heterocycles. The van der Waals surface area contributed by atoms with E-state index in [1.807, 2.05) is 0 Å². The van der Waals surface area contributed by atoms with Crippen LogP contribution in [0, 0.1) is 10.1 Å². The molecule has 1 aromatic heterocycles. The van der Waals surface area contributed by atoms with Gasteiger partial charge in [-0.05, 0) is 23.8 Å². The highest BCUT2D eigenvalue weighted by molar-refractivity contribution is 5.92. The molecule has 1 amide bonds. The molecule has 1 aliphatic rings. The van der Waals surface area contributed by atoms with Gasteiger partial charge in [-0.2, -0.15) is 0 Å². The van der Waals surface area contributed by atoms with E-state index in [4.69, 9.17) is 0 Å². The lowest BCUT2D eigenvalue weighted by Crippen LogP contribution is -2.36. The van der Waals surface area contributed by atoms with Gasteiger partial charge in [-0.15, -0.1) is 0 Å². The highest BCUT2D eigenvalue weighted by Crippen LogP contribution is 2.16. The predicted octanol–water partition coefficient (Wildman–Crippen LogP) is 1.97. The molecule has 7 nitrogen and oxygen atoms in total. The van der Waals surface area contributed by atoms with Crippen LogP contribution in [-0.2, 0) is 0 Å². The molecule has 0 aromatic carbocycles. The van der Waals surface area contributed by atoms with Crippen LogP contribution in [0.2, 0.25) is 0 Å². The predicted molar refractivity (Wildman–Crippen MR) is 79.3 cm³/mol. The molecule has 0 radical (unpaired) electrons. The number of hydrogen-bond acceptors (Lipinski definition) is 4. The van der Waals surface area contributed by atoms with Crippen molar-refractivity contribution in [1.29, 1.82) is 0 Å². The first-order valence-electron chi connectivity index (χ1n) is 7.52. The van der Waals surface area contributed by atoms with Crippen LogP contribution in [0.5, 0.6) is 0 Å². The third-order valence-electron chi connectivity index (χ3n) is 3.81. The van der Waals surface area contributed by atoms with Gasteiger partial charge in [0.25, 0.3) is 5.91 Å². The number of nitro groups is 1.